The Hall–Kier alpha value is 0.250. The first-order valence-electron chi connectivity index (χ1n) is 4.04. The van der Waals surface area contributed by atoms with Gasteiger partial charge in [0.25, 0.3) is 0 Å². The highest BCUT2D eigenvalue weighted by Gasteiger charge is 2.07. The van der Waals surface area contributed by atoms with E-state index in [1.54, 1.807) is 11.8 Å². The number of thioether (sulfide) groups is 1. The molecule has 0 amide bonds. The van der Waals surface area contributed by atoms with E-state index in [2.05, 4.69) is 27.7 Å². The summed E-state index contributed by atoms with van der Waals surface area (Å²) in [4.78, 5) is 0. The van der Waals surface area contributed by atoms with E-state index in [0.717, 1.165) is 5.75 Å². The predicted molar refractivity (Wildman–Crippen MR) is 63.8 cm³/mol. The normalized spacial score (nSPS) is 13.2. The van der Waals surface area contributed by atoms with E-state index in [1.165, 1.54) is 9.26 Å². The van der Waals surface area contributed by atoms with Gasteiger partial charge in [0.05, 0.1) is 22.1 Å². The summed E-state index contributed by atoms with van der Waals surface area (Å²) in [5, 5.41) is 13.3. The zero-order valence-electron chi connectivity index (χ0n) is 7.70. The van der Waals surface area contributed by atoms with Crippen molar-refractivity contribution in [2.24, 2.45) is 7.05 Å². The third-order valence-electron chi connectivity index (χ3n) is 1.77. The number of halogens is 1. The Balaban J connectivity index is 2.53. The molecule has 1 N–H and O–H groups in total. The van der Waals surface area contributed by atoms with Crippen molar-refractivity contribution >= 4 is 34.4 Å². The maximum absolute atomic E-state index is 8.86. The van der Waals surface area contributed by atoms with Crippen molar-refractivity contribution in [3.8, 4) is 0 Å². The van der Waals surface area contributed by atoms with Crippen LogP contribution in [0.1, 0.15) is 12.6 Å². The molecule has 0 unspecified atom stereocenters. The smallest absolute Gasteiger partial charge is 0.0626 e. The first-order chi connectivity index (χ1) is 6.15. The van der Waals surface area contributed by atoms with E-state index in [4.69, 9.17) is 5.11 Å². The van der Waals surface area contributed by atoms with Crippen LogP contribution < -0.4 is 0 Å². The fraction of sp³-hybridized carbons (Fsp3) is 0.625. The molecule has 1 aromatic rings. The van der Waals surface area contributed by atoms with Crippen molar-refractivity contribution in [3.05, 3.63) is 15.5 Å². The molecule has 0 aliphatic rings. The predicted octanol–water partition coefficient (Wildman–Crippen LogP) is 1.64. The number of aliphatic hydroxyl groups excluding tert-OH is 1. The fourth-order valence-corrected chi connectivity index (χ4v) is 2.69. The molecule has 1 aromatic heterocycles. The van der Waals surface area contributed by atoms with E-state index < -0.39 is 0 Å². The fourth-order valence-electron chi connectivity index (χ4n) is 0.872. The molecule has 0 saturated carbocycles. The second-order valence-electron chi connectivity index (χ2n) is 2.87. The first-order valence-corrected chi connectivity index (χ1v) is 6.16. The molecule has 0 bridgehead atoms. The average molecular weight is 312 g/mol. The van der Waals surface area contributed by atoms with Crippen LogP contribution in [0.25, 0.3) is 0 Å². The maximum Gasteiger partial charge on any atom is 0.0626 e. The summed E-state index contributed by atoms with van der Waals surface area (Å²) >= 11 is 4.03. The first kappa shape index (κ1) is 11.3. The van der Waals surface area contributed by atoms with Gasteiger partial charge in [0.2, 0.25) is 0 Å². The van der Waals surface area contributed by atoms with Gasteiger partial charge in [-0.25, -0.2) is 0 Å². The second-order valence-corrected chi connectivity index (χ2v) is 5.46. The van der Waals surface area contributed by atoms with Crippen LogP contribution in [0.3, 0.4) is 0 Å². The highest BCUT2D eigenvalue weighted by molar-refractivity contribution is 14.1. The summed E-state index contributed by atoms with van der Waals surface area (Å²) in [6.45, 7) is 2.26. The van der Waals surface area contributed by atoms with Gasteiger partial charge in [0.1, 0.15) is 0 Å². The summed E-state index contributed by atoms with van der Waals surface area (Å²) in [6.07, 6.45) is 1.86. The van der Waals surface area contributed by atoms with Crippen molar-refractivity contribution < 1.29 is 5.11 Å². The van der Waals surface area contributed by atoms with Crippen LogP contribution >= 0.6 is 34.4 Å². The topological polar surface area (TPSA) is 38.1 Å². The van der Waals surface area contributed by atoms with Crippen LogP contribution in [0, 0.1) is 3.57 Å². The minimum absolute atomic E-state index is 0.235. The standard InChI is InChI=1S/C8H13IN2OS/c1-6(4-12)13-5-8-7(9)3-10-11(8)2/h3,6,12H,4-5H2,1-2H3/t6-/m1/s1. The highest BCUT2D eigenvalue weighted by atomic mass is 127. The van der Waals surface area contributed by atoms with Crippen LogP contribution in [0.5, 0.6) is 0 Å². The summed E-state index contributed by atoms with van der Waals surface area (Å²) in [5.74, 6) is 0.913. The van der Waals surface area contributed by atoms with Gasteiger partial charge in [0.15, 0.2) is 0 Å². The molecular formula is C8H13IN2OS. The van der Waals surface area contributed by atoms with Gasteiger partial charge in [-0.05, 0) is 22.6 Å². The molecule has 0 aliphatic carbocycles. The Morgan fingerprint density at radius 1 is 1.77 bits per heavy atom. The van der Waals surface area contributed by atoms with E-state index in [0.29, 0.717) is 5.25 Å². The Morgan fingerprint density at radius 3 is 2.92 bits per heavy atom. The van der Waals surface area contributed by atoms with Crippen molar-refractivity contribution in [2.45, 2.75) is 17.9 Å². The Kier molecular flexibility index (Phi) is 4.54. The lowest BCUT2D eigenvalue weighted by Crippen LogP contribution is -2.05. The molecule has 5 heteroatoms. The van der Waals surface area contributed by atoms with E-state index in [-0.39, 0.29) is 6.61 Å². The Labute approximate surface area is 96.0 Å². The third-order valence-corrected chi connectivity index (χ3v) is 3.83. The van der Waals surface area contributed by atoms with Crippen molar-refractivity contribution in [1.82, 2.24) is 9.78 Å². The molecular weight excluding hydrogens is 299 g/mol. The lowest BCUT2D eigenvalue weighted by molar-refractivity contribution is 0.300. The van der Waals surface area contributed by atoms with E-state index in [1.807, 2.05) is 24.9 Å². The van der Waals surface area contributed by atoms with E-state index >= 15 is 0 Å². The molecule has 0 aliphatic heterocycles. The molecule has 13 heavy (non-hydrogen) atoms. The van der Waals surface area contributed by atoms with Gasteiger partial charge >= 0.3 is 0 Å². The number of aryl methyl sites for hydroxylation is 1. The average Bonchev–Trinajstić information content (AvgIpc) is 2.43. The number of rotatable bonds is 4. The number of aliphatic hydroxyl groups is 1. The zero-order valence-corrected chi connectivity index (χ0v) is 10.7. The highest BCUT2D eigenvalue weighted by Crippen LogP contribution is 2.20. The maximum atomic E-state index is 8.86. The largest absolute Gasteiger partial charge is 0.395 e. The number of nitrogens with zero attached hydrogens (tertiary/aromatic N) is 2. The van der Waals surface area contributed by atoms with Crippen LogP contribution in [-0.2, 0) is 12.8 Å². The van der Waals surface area contributed by atoms with Crippen molar-refractivity contribution in [1.29, 1.82) is 0 Å². The summed E-state index contributed by atoms with van der Waals surface area (Å²) < 4.78 is 3.08. The molecule has 1 rings (SSSR count). The molecule has 3 nitrogen and oxygen atoms in total. The van der Waals surface area contributed by atoms with Crippen molar-refractivity contribution in [2.75, 3.05) is 6.61 Å². The number of hydrogen-bond donors (Lipinski definition) is 1. The van der Waals surface area contributed by atoms with Gasteiger partial charge < -0.3 is 5.11 Å². The third kappa shape index (κ3) is 3.14. The monoisotopic (exact) mass is 312 g/mol. The van der Waals surface area contributed by atoms with Gasteiger partial charge in [-0.1, -0.05) is 6.92 Å². The van der Waals surface area contributed by atoms with Crippen LogP contribution in [0.2, 0.25) is 0 Å². The van der Waals surface area contributed by atoms with E-state index in [9.17, 15) is 0 Å². The summed E-state index contributed by atoms with van der Waals surface area (Å²) in [6, 6.07) is 0. The lowest BCUT2D eigenvalue weighted by atomic mass is 10.5. The molecule has 0 aromatic carbocycles. The Bertz CT molecular complexity index is 258. The SMILES string of the molecule is C[C@H](CO)SCc1c(I)cnn1C. The van der Waals surface area contributed by atoms with Crippen LogP contribution in [0.4, 0.5) is 0 Å². The minimum atomic E-state index is 0.235. The zero-order chi connectivity index (χ0) is 9.84. The van der Waals surface area contributed by atoms with Crippen LogP contribution in [-0.4, -0.2) is 26.7 Å². The molecule has 0 saturated heterocycles. The molecule has 1 atom stereocenters. The quantitative estimate of drug-likeness (QED) is 0.859. The Morgan fingerprint density at radius 2 is 2.46 bits per heavy atom. The van der Waals surface area contributed by atoms with Gasteiger partial charge in [-0.15, -0.1) is 0 Å². The lowest BCUT2D eigenvalue weighted by Gasteiger charge is -2.07. The minimum Gasteiger partial charge on any atom is -0.395 e. The number of aromatic nitrogens is 2. The molecule has 0 spiro atoms. The van der Waals surface area contributed by atoms with Gasteiger partial charge in [0, 0.05) is 18.1 Å². The summed E-state index contributed by atoms with van der Waals surface area (Å²) in [5.41, 5.74) is 1.23. The molecule has 74 valence electrons. The summed E-state index contributed by atoms with van der Waals surface area (Å²) in [7, 11) is 1.95. The molecule has 1 heterocycles. The second kappa shape index (κ2) is 5.21. The number of hydrogen-bond acceptors (Lipinski definition) is 3. The van der Waals surface area contributed by atoms with Crippen molar-refractivity contribution in [3.63, 3.8) is 0 Å². The van der Waals surface area contributed by atoms with Crippen LogP contribution in [0.15, 0.2) is 6.20 Å². The van der Waals surface area contributed by atoms with Gasteiger partial charge in [-0.2, -0.15) is 16.9 Å². The molecule has 0 fully saturated rings. The van der Waals surface area contributed by atoms with Gasteiger partial charge in [-0.3, -0.25) is 4.68 Å². The molecule has 0 radical (unpaired) electrons.